The number of likely N-dealkylation sites (tertiary alicyclic amines) is 1. The summed E-state index contributed by atoms with van der Waals surface area (Å²) < 4.78 is 6.00. The Morgan fingerprint density at radius 2 is 1.42 bits per heavy atom. The first-order chi connectivity index (χ1) is 29.0. The lowest BCUT2D eigenvalue weighted by Gasteiger charge is -2.36. The molecule has 6 atom stereocenters. The van der Waals surface area contributed by atoms with E-state index in [0.717, 1.165) is 34.0 Å². The lowest BCUT2D eigenvalue weighted by atomic mass is 10.00. The smallest absolute Gasteiger partial charge is 0.326 e. The molecule has 62 heavy (non-hydrogen) atoms. The van der Waals surface area contributed by atoms with E-state index >= 15 is 0 Å². The topological polar surface area (TPSA) is 218 Å². The van der Waals surface area contributed by atoms with Crippen molar-refractivity contribution in [1.29, 1.82) is 0 Å². The van der Waals surface area contributed by atoms with E-state index in [0.29, 0.717) is 18.7 Å². The molecule has 18 nitrogen and oxygen atoms in total. The second-order valence-corrected chi connectivity index (χ2v) is 17.9. The van der Waals surface area contributed by atoms with E-state index in [4.69, 9.17) is 4.74 Å². The molecule has 2 saturated heterocycles. The van der Waals surface area contributed by atoms with E-state index in [1.54, 1.807) is 56.0 Å². The molecule has 4 N–H and O–H groups in total. The lowest BCUT2D eigenvalue weighted by molar-refractivity contribution is -0.147. The third-order valence-corrected chi connectivity index (χ3v) is 11.1. The lowest BCUT2D eigenvalue weighted by Crippen LogP contribution is -2.61. The van der Waals surface area contributed by atoms with Crippen LogP contribution in [0, 0.1) is 5.92 Å². The summed E-state index contributed by atoms with van der Waals surface area (Å²) in [5, 5.41) is 18.7. The molecule has 1 aromatic carbocycles. The van der Waals surface area contributed by atoms with Crippen LogP contribution >= 0.6 is 0 Å². The molecule has 0 saturated carbocycles. The molecule has 9 amide bonds. The summed E-state index contributed by atoms with van der Waals surface area (Å²) in [6.45, 7) is 10.9. The Morgan fingerprint density at radius 3 is 2.00 bits per heavy atom. The zero-order chi connectivity index (χ0) is 46.5. The van der Waals surface area contributed by atoms with Gasteiger partial charge in [0.15, 0.2) is 0 Å². The predicted octanol–water partition coefficient (Wildman–Crippen LogP) is 1.29. The summed E-state index contributed by atoms with van der Waals surface area (Å²) >= 11 is 0. The third-order valence-electron chi connectivity index (χ3n) is 11.1. The highest BCUT2D eigenvalue weighted by atomic mass is 16.5. The molecule has 0 aliphatic carbocycles. The Bertz CT molecular complexity index is 1730. The van der Waals surface area contributed by atoms with E-state index in [1.807, 2.05) is 13.8 Å². The normalized spacial score (nSPS) is 24.8. The number of carbonyl (C=O) groups is 8. The maximum Gasteiger partial charge on any atom is 0.326 e. The minimum absolute atomic E-state index is 0.0358. The number of hydrogen-bond acceptors (Lipinski definition) is 10. The van der Waals surface area contributed by atoms with Crippen LogP contribution in [0.5, 0.6) is 0 Å². The Balaban J connectivity index is 2.15. The minimum Gasteiger partial charge on any atom is -0.391 e. The molecule has 2 aliphatic rings. The van der Waals surface area contributed by atoms with Gasteiger partial charge in [0.05, 0.1) is 24.7 Å². The van der Waals surface area contributed by atoms with Gasteiger partial charge in [-0.2, -0.15) is 0 Å². The Labute approximate surface area is 366 Å². The molecule has 3 rings (SSSR count). The predicted molar refractivity (Wildman–Crippen MR) is 231 cm³/mol. The van der Waals surface area contributed by atoms with Gasteiger partial charge < -0.3 is 45.4 Å². The second kappa shape index (κ2) is 23.4. The van der Waals surface area contributed by atoms with Crippen LogP contribution in [0.25, 0.3) is 0 Å². The first kappa shape index (κ1) is 51.3. The number of urea groups is 1. The van der Waals surface area contributed by atoms with E-state index in [-0.39, 0.29) is 44.8 Å². The number of hydrogen-bond donors (Lipinski definition) is 4. The van der Waals surface area contributed by atoms with Crippen LogP contribution in [0.4, 0.5) is 4.79 Å². The average molecular weight is 871 g/mol. The van der Waals surface area contributed by atoms with Crippen LogP contribution in [0.2, 0.25) is 0 Å². The summed E-state index contributed by atoms with van der Waals surface area (Å²) in [6, 6.07) is 1.29. The van der Waals surface area contributed by atoms with Gasteiger partial charge in [0.1, 0.15) is 30.2 Å². The number of carbonyl (C=O) groups excluding carboxylic acids is 8. The molecule has 2 heterocycles. The maximum atomic E-state index is 14.5. The zero-order valence-corrected chi connectivity index (χ0v) is 38.3. The summed E-state index contributed by atoms with van der Waals surface area (Å²) in [7, 11) is 5.46. The molecule has 2 unspecified atom stereocenters. The Morgan fingerprint density at radius 1 is 0.790 bits per heavy atom. The van der Waals surface area contributed by atoms with Gasteiger partial charge in [-0.15, -0.1) is 0 Å². The largest absolute Gasteiger partial charge is 0.391 e. The van der Waals surface area contributed by atoms with Crippen LogP contribution in [0.1, 0.15) is 92.1 Å². The quantitative estimate of drug-likeness (QED) is 0.294. The fraction of sp³-hybridized carbons (Fsp3) is 0.682. The van der Waals surface area contributed by atoms with Crippen molar-refractivity contribution >= 4 is 47.4 Å². The van der Waals surface area contributed by atoms with Crippen LogP contribution in [0.15, 0.2) is 30.3 Å². The number of nitrogens with one attached hydrogen (secondary N) is 3. The van der Waals surface area contributed by atoms with Gasteiger partial charge in [0, 0.05) is 60.7 Å². The zero-order valence-electron chi connectivity index (χ0n) is 38.3. The monoisotopic (exact) mass is 871 g/mol. The molecule has 346 valence electrons. The van der Waals surface area contributed by atoms with E-state index < -0.39 is 95.7 Å². The molecule has 2 fully saturated rings. The Kier molecular flexibility index (Phi) is 19.3. The summed E-state index contributed by atoms with van der Waals surface area (Å²) in [5.41, 5.74) is -0.103. The number of aliphatic hydroxyl groups excluding tert-OH is 1. The number of amides is 9. The van der Waals surface area contributed by atoms with Crippen LogP contribution in [-0.2, 0) is 44.7 Å². The highest BCUT2D eigenvalue weighted by molar-refractivity contribution is 6.01. The standard InChI is InChI=1S/C44H70N8O10/c1-28(2)24-34-41(59)51(10)43(61)50(9)33(25-30-18-13-11-14-19-30)39(57)46-32(27-62-44(4,5)6)38(56)45-31(40(58)52-22-15-12-16-23-52)26-36(55)48(7)21-17-20-35(54)47-37(29(3)53)42(60)49(34)8/h11,13-14,18-19,28-29,31-34,37,53H,12,15-17,20-27H2,1-10H3,(H,45,56)(H,46,57)(H,47,54)/t29-,31?,32?,33+,34+,37+/m1/s1. The van der Waals surface area contributed by atoms with Crippen molar-refractivity contribution in [2.24, 2.45) is 5.92 Å². The fourth-order valence-corrected chi connectivity index (χ4v) is 7.33. The number of ether oxygens (including phenoxy) is 1. The molecule has 0 aromatic heterocycles. The van der Waals surface area contributed by atoms with Crippen molar-refractivity contribution in [3.05, 3.63) is 35.9 Å². The molecular weight excluding hydrogens is 801 g/mol. The third kappa shape index (κ3) is 15.1. The molecule has 2 aliphatic heterocycles. The van der Waals surface area contributed by atoms with E-state index in [1.165, 1.54) is 40.0 Å². The van der Waals surface area contributed by atoms with Crippen molar-refractivity contribution in [2.45, 2.75) is 135 Å². The number of nitrogens with zero attached hydrogens (tertiary/aromatic N) is 5. The van der Waals surface area contributed by atoms with Gasteiger partial charge in [0.2, 0.25) is 35.4 Å². The van der Waals surface area contributed by atoms with Gasteiger partial charge in [-0.05, 0) is 71.3 Å². The van der Waals surface area contributed by atoms with Gasteiger partial charge >= 0.3 is 6.03 Å². The average Bonchev–Trinajstić information content (AvgIpc) is 3.22. The number of rotatable bonds is 8. The molecule has 0 spiro atoms. The molecule has 0 radical (unpaired) electrons. The summed E-state index contributed by atoms with van der Waals surface area (Å²) in [4.78, 5) is 118. The van der Waals surface area contributed by atoms with Gasteiger partial charge in [0.25, 0.3) is 5.91 Å². The van der Waals surface area contributed by atoms with E-state index in [9.17, 15) is 43.5 Å². The number of aliphatic hydroxyl groups is 1. The Hall–Kier alpha value is -5.10. The highest BCUT2D eigenvalue weighted by Crippen LogP contribution is 2.19. The number of likely N-dealkylation sites (N-methyl/N-ethyl adjacent to an activating group) is 3. The van der Waals surface area contributed by atoms with Crippen LogP contribution in [-0.4, -0.2) is 173 Å². The fourth-order valence-electron chi connectivity index (χ4n) is 7.33. The molecule has 1 aromatic rings. The highest BCUT2D eigenvalue weighted by Gasteiger charge is 2.40. The van der Waals surface area contributed by atoms with Crippen molar-refractivity contribution in [3.8, 4) is 0 Å². The van der Waals surface area contributed by atoms with Crippen molar-refractivity contribution in [1.82, 2.24) is 40.4 Å². The minimum atomic E-state index is -1.45. The maximum absolute atomic E-state index is 14.5. The van der Waals surface area contributed by atoms with Crippen molar-refractivity contribution in [3.63, 3.8) is 0 Å². The van der Waals surface area contributed by atoms with Gasteiger partial charge in [-0.25, -0.2) is 4.79 Å². The van der Waals surface area contributed by atoms with Crippen LogP contribution in [0.3, 0.4) is 0 Å². The molecular formula is C44H70N8O10. The van der Waals surface area contributed by atoms with Gasteiger partial charge in [-0.3, -0.25) is 38.5 Å². The first-order valence-corrected chi connectivity index (χ1v) is 21.6. The van der Waals surface area contributed by atoms with E-state index in [2.05, 4.69) is 16.0 Å². The van der Waals surface area contributed by atoms with Crippen molar-refractivity contribution in [2.75, 3.05) is 54.4 Å². The summed E-state index contributed by atoms with van der Waals surface area (Å²) in [5.74, 6) is -4.78. The molecule has 18 heteroatoms. The SMILES string of the molecule is CC(C)C[C@H]1C(=O)N(C)C(=O)N(C)[C@@H](Cc2ccccc2)C(=O)NC(COC(C)(C)C)C(=O)NC(C(=O)N2CCCCC2)CC(=O)N(C)CCCC(=O)N[C@@H]([C@@H](C)O)C(=O)N1C. The second-order valence-electron chi connectivity index (χ2n) is 17.9. The number of benzene rings is 1. The van der Waals surface area contributed by atoms with Gasteiger partial charge in [-0.1, -0.05) is 44.2 Å². The van der Waals surface area contributed by atoms with Crippen molar-refractivity contribution < 1.29 is 48.2 Å². The number of imide groups is 1. The van der Waals surface area contributed by atoms with Crippen LogP contribution < -0.4 is 16.0 Å². The summed E-state index contributed by atoms with van der Waals surface area (Å²) in [6.07, 6.45) is 0.754. The molecule has 0 bridgehead atoms. The number of piperidine rings is 1. The first-order valence-electron chi connectivity index (χ1n) is 21.6.